The van der Waals surface area contributed by atoms with Crippen molar-refractivity contribution in [3.8, 4) is 11.5 Å². The summed E-state index contributed by atoms with van der Waals surface area (Å²) in [4.78, 5) is 12.0. The van der Waals surface area contributed by atoms with E-state index in [1.807, 2.05) is 13.8 Å². The molecule has 7 nitrogen and oxygen atoms in total. The minimum absolute atomic E-state index is 0.00924. The normalized spacial score (nSPS) is 22.3. The SMILES string of the molecule is CNc1c(O)c2ccc(OC3CCC(OC)C(C)(C)O3)c(C)c2oc1=O. The quantitative estimate of drug-likeness (QED) is 0.807. The van der Waals surface area contributed by atoms with Crippen molar-refractivity contribution in [3.63, 3.8) is 0 Å². The monoisotopic (exact) mass is 363 g/mol. The third-order valence-electron chi connectivity index (χ3n) is 4.92. The molecule has 3 rings (SSSR count). The molecule has 142 valence electrons. The lowest BCUT2D eigenvalue weighted by Gasteiger charge is -2.41. The van der Waals surface area contributed by atoms with Crippen LogP contribution in [0.4, 0.5) is 5.69 Å². The van der Waals surface area contributed by atoms with E-state index < -0.39 is 17.5 Å². The molecule has 1 aromatic carbocycles. The Kier molecular flexibility index (Phi) is 4.86. The Morgan fingerprint density at radius 2 is 2.04 bits per heavy atom. The summed E-state index contributed by atoms with van der Waals surface area (Å²) in [6.07, 6.45) is 1.09. The molecule has 0 aliphatic carbocycles. The lowest BCUT2D eigenvalue weighted by atomic mass is 9.94. The Morgan fingerprint density at radius 3 is 2.65 bits per heavy atom. The third kappa shape index (κ3) is 3.12. The van der Waals surface area contributed by atoms with Crippen LogP contribution in [0.2, 0.25) is 0 Å². The van der Waals surface area contributed by atoms with E-state index in [-0.39, 0.29) is 17.5 Å². The molecule has 1 aromatic heterocycles. The van der Waals surface area contributed by atoms with Gasteiger partial charge in [0.05, 0.1) is 17.1 Å². The van der Waals surface area contributed by atoms with E-state index in [0.29, 0.717) is 28.7 Å². The van der Waals surface area contributed by atoms with Gasteiger partial charge in [-0.25, -0.2) is 4.79 Å². The van der Waals surface area contributed by atoms with E-state index in [2.05, 4.69) is 5.32 Å². The standard InChI is InChI=1S/C19H25NO6/c1-10-12(24-14-9-8-13(23-5)19(2,3)26-14)7-6-11-16(21)15(20-4)18(22)25-17(10)11/h6-7,13-14,20-21H,8-9H2,1-5H3. The molecule has 2 N–H and O–H groups in total. The molecule has 0 radical (unpaired) electrons. The van der Waals surface area contributed by atoms with Crippen LogP contribution < -0.4 is 15.7 Å². The van der Waals surface area contributed by atoms with Gasteiger partial charge in [0.15, 0.2) is 11.4 Å². The van der Waals surface area contributed by atoms with Crippen LogP contribution in [0.1, 0.15) is 32.3 Å². The summed E-state index contributed by atoms with van der Waals surface area (Å²) >= 11 is 0. The number of hydrogen-bond donors (Lipinski definition) is 2. The van der Waals surface area contributed by atoms with Gasteiger partial charge in [-0.1, -0.05) is 0 Å². The zero-order valence-electron chi connectivity index (χ0n) is 15.7. The second kappa shape index (κ2) is 6.81. The molecule has 1 aliphatic heterocycles. The summed E-state index contributed by atoms with van der Waals surface area (Å²) in [5.74, 6) is 0.417. The lowest BCUT2D eigenvalue weighted by molar-refractivity contribution is -0.233. The Hall–Kier alpha value is -2.25. The second-order valence-corrected chi connectivity index (χ2v) is 7.00. The molecule has 2 heterocycles. The second-order valence-electron chi connectivity index (χ2n) is 7.00. The smallest absolute Gasteiger partial charge is 0.363 e. The molecular formula is C19H25NO6. The Labute approximate surface area is 151 Å². The number of benzene rings is 1. The molecule has 0 bridgehead atoms. The third-order valence-corrected chi connectivity index (χ3v) is 4.92. The molecule has 7 heteroatoms. The van der Waals surface area contributed by atoms with Gasteiger partial charge in [0, 0.05) is 26.1 Å². The van der Waals surface area contributed by atoms with Gasteiger partial charge in [0.2, 0.25) is 6.29 Å². The van der Waals surface area contributed by atoms with Crippen molar-refractivity contribution in [1.29, 1.82) is 0 Å². The summed E-state index contributed by atoms with van der Waals surface area (Å²) < 4.78 is 22.9. The average Bonchev–Trinajstić information content (AvgIpc) is 2.57. The minimum Gasteiger partial charge on any atom is -0.505 e. The molecule has 1 saturated heterocycles. The predicted octanol–water partition coefficient (Wildman–Crippen LogP) is 3.16. The van der Waals surface area contributed by atoms with Gasteiger partial charge >= 0.3 is 5.63 Å². The first-order valence-electron chi connectivity index (χ1n) is 8.63. The van der Waals surface area contributed by atoms with E-state index in [9.17, 15) is 9.90 Å². The van der Waals surface area contributed by atoms with Gasteiger partial charge in [0.1, 0.15) is 11.3 Å². The van der Waals surface area contributed by atoms with Crippen LogP contribution in [-0.2, 0) is 9.47 Å². The Morgan fingerprint density at radius 1 is 1.31 bits per heavy atom. The van der Waals surface area contributed by atoms with Crippen molar-refractivity contribution in [2.75, 3.05) is 19.5 Å². The van der Waals surface area contributed by atoms with E-state index in [4.69, 9.17) is 18.6 Å². The van der Waals surface area contributed by atoms with Crippen LogP contribution >= 0.6 is 0 Å². The lowest BCUT2D eigenvalue weighted by Crippen LogP contribution is -2.49. The number of ether oxygens (including phenoxy) is 3. The van der Waals surface area contributed by atoms with E-state index in [0.717, 1.165) is 6.42 Å². The highest BCUT2D eigenvalue weighted by Crippen LogP contribution is 2.37. The topological polar surface area (TPSA) is 90.2 Å². The van der Waals surface area contributed by atoms with Gasteiger partial charge in [-0.15, -0.1) is 0 Å². The number of fused-ring (bicyclic) bond motifs is 1. The largest absolute Gasteiger partial charge is 0.505 e. The number of aromatic hydroxyl groups is 1. The molecule has 1 fully saturated rings. The van der Waals surface area contributed by atoms with Crippen LogP contribution in [0.3, 0.4) is 0 Å². The Bertz CT molecular complexity index is 872. The molecule has 1 aliphatic rings. The number of nitrogens with one attached hydrogen (secondary N) is 1. The molecule has 2 aromatic rings. The number of anilines is 1. The summed E-state index contributed by atoms with van der Waals surface area (Å²) in [6.45, 7) is 5.73. The summed E-state index contributed by atoms with van der Waals surface area (Å²) in [5.41, 5.74) is -0.125. The minimum atomic E-state index is -0.629. The van der Waals surface area contributed by atoms with Crippen molar-refractivity contribution < 1.29 is 23.7 Å². The maximum atomic E-state index is 12.0. The number of rotatable bonds is 4. The van der Waals surface area contributed by atoms with Crippen LogP contribution in [0, 0.1) is 6.92 Å². The van der Waals surface area contributed by atoms with E-state index in [1.165, 1.54) is 0 Å². The van der Waals surface area contributed by atoms with Crippen molar-refractivity contribution in [2.24, 2.45) is 0 Å². The fourth-order valence-corrected chi connectivity index (χ4v) is 3.45. The Balaban J connectivity index is 1.93. The van der Waals surface area contributed by atoms with Crippen LogP contribution in [0.5, 0.6) is 11.5 Å². The van der Waals surface area contributed by atoms with E-state index >= 15 is 0 Å². The number of methoxy groups -OCH3 is 1. The first-order chi connectivity index (χ1) is 12.3. The van der Waals surface area contributed by atoms with Crippen molar-refractivity contribution in [2.45, 2.75) is 51.6 Å². The molecule has 26 heavy (non-hydrogen) atoms. The highest BCUT2D eigenvalue weighted by Gasteiger charge is 2.39. The maximum absolute atomic E-state index is 12.0. The first-order valence-corrected chi connectivity index (χ1v) is 8.63. The highest BCUT2D eigenvalue weighted by molar-refractivity contribution is 5.91. The highest BCUT2D eigenvalue weighted by atomic mass is 16.7. The maximum Gasteiger partial charge on any atom is 0.363 e. The molecule has 0 amide bonds. The molecule has 0 spiro atoms. The number of hydrogen-bond acceptors (Lipinski definition) is 7. The van der Waals surface area contributed by atoms with Crippen molar-refractivity contribution >= 4 is 16.7 Å². The van der Waals surface area contributed by atoms with E-state index in [1.54, 1.807) is 33.2 Å². The first kappa shape index (κ1) is 18.5. The average molecular weight is 363 g/mol. The van der Waals surface area contributed by atoms with Gasteiger partial charge in [0.25, 0.3) is 0 Å². The molecule has 0 saturated carbocycles. The van der Waals surface area contributed by atoms with Gasteiger partial charge in [-0.05, 0) is 39.3 Å². The fraction of sp³-hybridized carbons (Fsp3) is 0.526. The zero-order valence-corrected chi connectivity index (χ0v) is 15.7. The van der Waals surface area contributed by atoms with Crippen LogP contribution in [-0.4, -0.2) is 37.3 Å². The number of aryl methyl sites for hydroxylation is 1. The summed E-state index contributed by atoms with van der Waals surface area (Å²) in [5, 5.41) is 13.4. The predicted molar refractivity (Wildman–Crippen MR) is 98.0 cm³/mol. The van der Waals surface area contributed by atoms with Crippen molar-refractivity contribution in [1.82, 2.24) is 0 Å². The molecule has 2 atom stereocenters. The van der Waals surface area contributed by atoms with Gasteiger partial charge in [-0.3, -0.25) is 0 Å². The summed E-state index contributed by atoms with van der Waals surface area (Å²) in [7, 11) is 3.23. The van der Waals surface area contributed by atoms with Gasteiger partial charge < -0.3 is 29.1 Å². The fourth-order valence-electron chi connectivity index (χ4n) is 3.45. The van der Waals surface area contributed by atoms with Gasteiger partial charge in [-0.2, -0.15) is 0 Å². The van der Waals surface area contributed by atoms with Crippen molar-refractivity contribution in [3.05, 3.63) is 28.1 Å². The molecule has 2 unspecified atom stereocenters. The van der Waals surface area contributed by atoms with Crippen LogP contribution in [0.15, 0.2) is 21.3 Å². The van der Waals surface area contributed by atoms with Crippen LogP contribution in [0.25, 0.3) is 11.0 Å². The zero-order chi connectivity index (χ0) is 19.1. The molecular weight excluding hydrogens is 338 g/mol. The summed E-state index contributed by atoms with van der Waals surface area (Å²) in [6, 6.07) is 3.41.